The van der Waals surface area contributed by atoms with E-state index in [4.69, 9.17) is 19.4 Å². The number of carbonyl (C=O) groups excluding carboxylic acids is 1. The topological polar surface area (TPSA) is 79.8 Å². The molecule has 2 aromatic rings. The number of anilines is 1. The van der Waals surface area contributed by atoms with E-state index in [0.29, 0.717) is 32.8 Å². The number of benzene rings is 1. The Labute approximate surface area is 172 Å². The van der Waals surface area contributed by atoms with E-state index in [2.05, 4.69) is 35.3 Å². The molecule has 8 heteroatoms. The normalized spacial score (nSPS) is 14.9. The molecule has 0 aliphatic carbocycles. The fourth-order valence-electron chi connectivity index (χ4n) is 3.42. The summed E-state index contributed by atoms with van der Waals surface area (Å²) in [6, 6.07) is 6.25. The number of hydrogen-bond donors (Lipinski definition) is 1. The molecule has 1 amide bonds. The molecule has 0 saturated carbocycles. The molecule has 0 spiro atoms. The van der Waals surface area contributed by atoms with E-state index < -0.39 is 0 Å². The van der Waals surface area contributed by atoms with Crippen LogP contribution < -0.4 is 5.32 Å². The Kier molecular flexibility index (Phi) is 7.60. The van der Waals surface area contributed by atoms with Gasteiger partial charge in [-0.15, -0.1) is 0 Å². The molecule has 1 N–H and O–H groups in total. The van der Waals surface area contributed by atoms with Crippen LogP contribution in [0, 0.1) is 6.92 Å². The summed E-state index contributed by atoms with van der Waals surface area (Å²) in [6.45, 7) is 9.37. The highest BCUT2D eigenvalue weighted by Crippen LogP contribution is 2.22. The maximum absolute atomic E-state index is 11.9. The third kappa shape index (κ3) is 5.77. The Morgan fingerprint density at radius 1 is 1.21 bits per heavy atom. The number of aromatic nitrogens is 2. The molecule has 2 heterocycles. The highest BCUT2D eigenvalue weighted by atomic mass is 16.6. The van der Waals surface area contributed by atoms with Gasteiger partial charge in [-0.1, -0.05) is 11.6 Å². The maximum Gasteiger partial charge on any atom is 0.409 e. The van der Waals surface area contributed by atoms with Crippen LogP contribution in [0.1, 0.15) is 24.7 Å². The van der Waals surface area contributed by atoms with Crippen LogP contribution in [0.15, 0.2) is 18.2 Å². The predicted molar refractivity (Wildman–Crippen MR) is 113 cm³/mol. The van der Waals surface area contributed by atoms with Gasteiger partial charge in [-0.3, -0.25) is 4.90 Å². The second kappa shape index (κ2) is 10.4. The van der Waals surface area contributed by atoms with Gasteiger partial charge in [0, 0.05) is 51.8 Å². The molecule has 0 atom stereocenters. The predicted octanol–water partition coefficient (Wildman–Crippen LogP) is 2.66. The summed E-state index contributed by atoms with van der Waals surface area (Å²) in [5, 5.41) is 4.48. The first kappa shape index (κ1) is 21.3. The zero-order valence-electron chi connectivity index (χ0n) is 17.6. The van der Waals surface area contributed by atoms with Crippen molar-refractivity contribution in [3.63, 3.8) is 0 Å². The molecule has 0 bridgehead atoms. The van der Waals surface area contributed by atoms with E-state index in [1.807, 2.05) is 6.92 Å². The minimum Gasteiger partial charge on any atom is -0.450 e. The van der Waals surface area contributed by atoms with Crippen molar-refractivity contribution in [3.05, 3.63) is 29.6 Å². The van der Waals surface area contributed by atoms with Gasteiger partial charge in [0.15, 0.2) is 0 Å². The summed E-state index contributed by atoms with van der Waals surface area (Å²) in [5.41, 5.74) is 2.13. The molecule has 1 saturated heterocycles. The Hall–Kier alpha value is -2.45. The van der Waals surface area contributed by atoms with E-state index in [9.17, 15) is 4.79 Å². The maximum atomic E-state index is 11.9. The van der Waals surface area contributed by atoms with E-state index in [-0.39, 0.29) is 6.09 Å². The second-order valence-electron chi connectivity index (χ2n) is 7.24. The summed E-state index contributed by atoms with van der Waals surface area (Å²) in [4.78, 5) is 25.5. The average molecular weight is 402 g/mol. The molecule has 0 unspecified atom stereocenters. The standard InChI is InChI=1S/C21H31N5O3/c1-4-29-21(27)26-11-9-25(10-12-26)15-19-23-18-7-6-16(2)14-17(18)20(24-19)22-8-5-13-28-3/h6-7,14H,4-5,8-13,15H2,1-3H3,(H,22,23,24). The summed E-state index contributed by atoms with van der Waals surface area (Å²) >= 11 is 0. The largest absolute Gasteiger partial charge is 0.450 e. The number of methoxy groups -OCH3 is 1. The van der Waals surface area contributed by atoms with Crippen LogP contribution >= 0.6 is 0 Å². The SMILES string of the molecule is CCOC(=O)N1CCN(Cc2nc(NCCCOC)c3cc(C)ccc3n2)CC1. The monoisotopic (exact) mass is 401 g/mol. The molecule has 158 valence electrons. The van der Waals surface area contributed by atoms with Gasteiger partial charge in [-0.05, 0) is 32.4 Å². The zero-order valence-corrected chi connectivity index (χ0v) is 17.6. The number of nitrogens with one attached hydrogen (secondary N) is 1. The van der Waals surface area contributed by atoms with Crippen molar-refractivity contribution >= 4 is 22.8 Å². The Bertz CT molecular complexity index is 821. The molecule has 29 heavy (non-hydrogen) atoms. The summed E-state index contributed by atoms with van der Waals surface area (Å²) in [7, 11) is 1.71. The zero-order chi connectivity index (χ0) is 20.6. The van der Waals surface area contributed by atoms with Gasteiger partial charge in [0.2, 0.25) is 0 Å². The van der Waals surface area contributed by atoms with Crippen molar-refractivity contribution in [2.45, 2.75) is 26.8 Å². The number of nitrogens with zero attached hydrogens (tertiary/aromatic N) is 4. The highest BCUT2D eigenvalue weighted by molar-refractivity contribution is 5.89. The van der Waals surface area contributed by atoms with Crippen molar-refractivity contribution < 1.29 is 14.3 Å². The number of ether oxygens (including phenoxy) is 2. The van der Waals surface area contributed by atoms with Crippen LogP contribution in [-0.4, -0.2) is 78.9 Å². The van der Waals surface area contributed by atoms with Crippen LogP contribution in [-0.2, 0) is 16.0 Å². The summed E-state index contributed by atoms with van der Waals surface area (Å²) < 4.78 is 10.2. The van der Waals surface area contributed by atoms with Crippen molar-refractivity contribution in [2.75, 3.05) is 58.4 Å². The lowest BCUT2D eigenvalue weighted by Crippen LogP contribution is -2.48. The fraction of sp³-hybridized carbons (Fsp3) is 0.571. The van der Waals surface area contributed by atoms with Gasteiger partial charge in [0.25, 0.3) is 0 Å². The number of rotatable bonds is 8. The third-order valence-corrected chi connectivity index (χ3v) is 4.98. The summed E-state index contributed by atoms with van der Waals surface area (Å²) in [6.07, 6.45) is 0.686. The fourth-order valence-corrected chi connectivity index (χ4v) is 3.42. The van der Waals surface area contributed by atoms with Crippen LogP contribution in [0.2, 0.25) is 0 Å². The van der Waals surface area contributed by atoms with Gasteiger partial charge in [0.05, 0.1) is 18.7 Å². The minimum absolute atomic E-state index is 0.230. The number of carbonyl (C=O) groups is 1. The number of amides is 1. The lowest BCUT2D eigenvalue weighted by molar-refractivity contribution is 0.0772. The Morgan fingerprint density at radius 2 is 2.00 bits per heavy atom. The van der Waals surface area contributed by atoms with Crippen LogP contribution in [0.25, 0.3) is 10.9 Å². The van der Waals surface area contributed by atoms with Crippen LogP contribution in [0.4, 0.5) is 10.6 Å². The van der Waals surface area contributed by atoms with Gasteiger partial charge in [-0.25, -0.2) is 14.8 Å². The van der Waals surface area contributed by atoms with Crippen molar-refractivity contribution in [1.82, 2.24) is 19.8 Å². The van der Waals surface area contributed by atoms with E-state index in [1.54, 1.807) is 12.0 Å². The molecule has 0 radical (unpaired) electrons. The molecule has 8 nitrogen and oxygen atoms in total. The van der Waals surface area contributed by atoms with E-state index >= 15 is 0 Å². The molecule has 1 aliphatic rings. The van der Waals surface area contributed by atoms with Gasteiger partial charge in [-0.2, -0.15) is 0 Å². The van der Waals surface area contributed by atoms with E-state index in [0.717, 1.165) is 48.6 Å². The third-order valence-electron chi connectivity index (χ3n) is 4.98. The first-order valence-corrected chi connectivity index (χ1v) is 10.2. The minimum atomic E-state index is -0.230. The molecule has 1 fully saturated rings. The first-order valence-electron chi connectivity index (χ1n) is 10.2. The number of hydrogen-bond acceptors (Lipinski definition) is 7. The van der Waals surface area contributed by atoms with Crippen LogP contribution in [0.5, 0.6) is 0 Å². The van der Waals surface area contributed by atoms with E-state index in [1.165, 1.54) is 5.56 Å². The molecule has 1 aromatic heterocycles. The van der Waals surface area contributed by atoms with Gasteiger partial charge in [0.1, 0.15) is 11.6 Å². The lowest BCUT2D eigenvalue weighted by Gasteiger charge is -2.33. The number of fused-ring (bicyclic) bond motifs is 1. The molecule has 3 rings (SSSR count). The molecule has 1 aliphatic heterocycles. The molecular formula is C21H31N5O3. The molecule has 1 aromatic carbocycles. The smallest absolute Gasteiger partial charge is 0.409 e. The van der Waals surface area contributed by atoms with Crippen LogP contribution in [0.3, 0.4) is 0 Å². The second-order valence-corrected chi connectivity index (χ2v) is 7.24. The van der Waals surface area contributed by atoms with Gasteiger partial charge >= 0.3 is 6.09 Å². The average Bonchev–Trinajstić information content (AvgIpc) is 2.72. The first-order chi connectivity index (χ1) is 14.1. The molecular weight excluding hydrogens is 370 g/mol. The highest BCUT2D eigenvalue weighted by Gasteiger charge is 2.22. The number of aryl methyl sites for hydroxylation is 1. The summed E-state index contributed by atoms with van der Waals surface area (Å²) in [5.74, 6) is 1.66. The van der Waals surface area contributed by atoms with Gasteiger partial charge < -0.3 is 19.7 Å². The lowest BCUT2D eigenvalue weighted by atomic mass is 10.1. The van der Waals surface area contributed by atoms with Crippen molar-refractivity contribution in [2.24, 2.45) is 0 Å². The Morgan fingerprint density at radius 3 is 2.72 bits per heavy atom. The Balaban J connectivity index is 1.69. The van der Waals surface area contributed by atoms with Crippen molar-refractivity contribution in [3.8, 4) is 0 Å². The quantitative estimate of drug-likeness (QED) is 0.681. The van der Waals surface area contributed by atoms with Crippen molar-refractivity contribution in [1.29, 1.82) is 0 Å². The number of piperazine rings is 1.